The lowest BCUT2D eigenvalue weighted by Gasteiger charge is -2.56. The van der Waals surface area contributed by atoms with Crippen LogP contribution >= 0.6 is 0 Å². The summed E-state index contributed by atoms with van der Waals surface area (Å²) in [5, 5.41) is 5.26. The minimum Gasteiger partial charge on any atom is -0.366 e. The van der Waals surface area contributed by atoms with Gasteiger partial charge in [-0.25, -0.2) is 4.39 Å². The Morgan fingerprint density at radius 1 is 1.04 bits per heavy atom. The summed E-state index contributed by atoms with van der Waals surface area (Å²) in [6.45, 7) is -0.158. The van der Waals surface area contributed by atoms with E-state index in [0.29, 0.717) is 6.42 Å². The number of halogens is 1. The third-order valence-electron chi connectivity index (χ3n) is 6.66. The van der Waals surface area contributed by atoms with Crippen LogP contribution in [0.3, 0.4) is 0 Å². The maximum atomic E-state index is 13.5. The zero-order chi connectivity index (χ0) is 19.9. The van der Waals surface area contributed by atoms with E-state index in [-0.39, 0.29) is 29.1 Å². The van der Waals surface area contributed by atoms with Gasteiger partial charge in [-0.05, 0) is 79.9 Å². The molecule has 4 fully saturated rings. The van der Waals surface area contributed by atoms with E-state index in [0.717, 1.165) is 43.1 Å². The van der Waals surface area contributed by atoms with Crippen LogP contribution in [-0.4, -0.2) is 24.3 Å². The van der Waals surface area contributed by atoms with Crippen LogP contribution < -0.4 is 16.4 Å². The summed E-state index contributed by atoms with van der Waals surface area (Å²) in [5.41, 5.74) is 5.20. The molecule has 3 amide bonds. The highest BCUT2D eigenvalue weighted by Crippen LogP contribution is 2.61. The molecule has 0 aliphatic heterocycles. The summed E-state index contributed by atoms with van der Waals surface area (Å²) in [6.07, 6.45) is 7.90. The zero-order valence-corrected chi connectivity index (χ0v) is 15.8. The molecule has 0 heterocycles. The number of anilines is 1. The number of hydrogen-bond acceptors (Lipinski definition) is 3. The van der Waals surface area contributed by atoms with Crippen molar-refractivity contribution in [3.8, 4) is 0 Å². The molecule has 4 N–H and O–H groups in total. The van der Waals surface area contributed by atoms with Gasteiger partial charge in [0.15, 0.2) is 0 Å². The van der Waals surface area contributed by atoms with Crippen molar-refractivity contribution >= 4 is 23.4 Å². The monoisotopic (exact) mass is 387 g/mol. The SMILES string of the molecule is NC(=O)c1cc(NC(=O)CNC(=O)CC23CC4CC(CC(C4)C2)C3)ccc1F. The van der Waals surface area contributed by atoms with Crippen molar-refractivity contribution in [2.45, 2.75) is 44.9 Å². The number of nitrogens with one attached hydrogen (secondary N) is 2. The van der Waals surface area contributed by atoms with Gasteiger partial charge in [0, 0.05) is 12.1 Å². The molecule has 0 aromatic heterocycles. The van der Waals surface area contributed by atoms with Gasteiger partial charge in [-0.2, -0.15) is 0 Å². The second kappa shape index (κ2) is 7.18. The summed E-state index contributed by atoms with van der Waals surface area (Å²) in [7, 11) is 0. The molecule has 5 rings (SSSR count). The van der Waals surface area contributed by atoms with E-state index in [2.05, 4.69) is 10.6 Å². The number of rotatable bonds is 6. The molecule has 0 saturated heterocycles. The third-order valence-corrected chi connectivity index (χ3v) is 6.66. The van der Waals surface area contributed by atoms with Crippen molar-refractivity contribution in [1.82, 2.24) is 5.32 Å². The molecule has 1 aromatic rings. The third kappa shape index (κ3) is 3.88. The summed E-state index contributed by atoms with van der Waals surface area (Å²) < 4.78 is 13.5. The van der Waals surface area contributed by atoms with Gasteiger partial charge in [-0.1, -0.05) is 0 Å². The van der Waals surface area contributed by atoms with Crippen molar-refractivity contribution in [1.29, 1.82) is 0 Å². The molecule has 0 atom stereocenters. The van der Waals surface area contributed by atoms with Crippen LogP contribution in [0.5, 0.6) is 0 Å². The Balaban J connectivity index is 1.29. The second-order valence-electron chi connectivity index (χ2n) is 8.98. The Labute approximate surface area is 163 Å². The molecule has 0 radical (unpaired) electrons. The molecule has 4 aliphatic rings. The van der Waals surface area contributed by atoms with Gasteiger partial charge in [0.25, 0.3) is 5.91 Å². The fraction of sp³-hybridized carbons (Fsp3) is 0.571. The molecule has 0 unspecified atom stereocenters. The fourth-order valence-electron chi connectivity index (χ4n) is 6.09. The summed E-state index contributed by atoms with van der Waals surface area (Å²) in [5.74, 6) is 0.169. The largest absolute Gasteiger partial charge is 0.366 e. The molecule has 4 bridgehead atoms. The predicted molar refractivity (Wildman–Crippen MR) is 102 cm³/mol. The summed E-state index contributed by atoms with van der Waals surface area (Å²) in [6, 6.07) is 3.60. The second-order valence-corrected chi connectivity index (χ2v) is 8.98. The van der Waals surface area contributed by atoms with E-state index in [1.807, 2.05) is 0 Å². The average Bonchev–Trinajstić information content (AvgIpc) is 2.60. The van der Waals surface area contributed by atoms with Gasteiger partial charge in [-0.15, -0.1) is 0 Å². The minimum atomic E-state index is -0.905. The summed E-state index contributed by atoms with van der Waals surface area (Å²) >= 11 is 0. The lowest BCUT2D eigenvalue weighted by molar-refractivity contribution is -0.131. The molecule has 4 saturated carbocycles. The zero-order valence-electron chi connectivity index (χ0n) is 15.8. The van der Waals surface area contributed by atoms with E-state index in [1.54, 1.807) is 0 Å². The number of nitrogens with two attached hydrogens (primary N) is 1. The maximum absolute atomic E-state index is 13.5. The number of primary amides is 1. The molecular formula is C21H26FN3O3. The molecule has 4 aliphatic carbocycles. The number of carbonyl (C=O) groups excluding carboxylic acids is 3. The molecule has 150 valence electrons. The van der Waals surface area contributed by atoms with Crippen LogP contribution in [-0.2, 0) is 9.59 Å². The van der Waals surface area contributed by atoms with Crippen molar-refractivity contribution < 1.29 is 18.8 Å². The molecule has 7 heteroatoms. The van der Waals surface area contributed by atoms with Crippen LogP contribution in [0.2, 0.25) is 0 Å². The predicted octanol–water partition coefficient (Wildman–Crippen LogP) is 2.59. The van der Waals surface area contributed by atoms with Crippen molar-refractivity contribution in [2.24, 2.45) is 28.9 Å². The van der Waals surface area contributed by atoms with Gasteiger partial charge < -0.3 is 16.4 Å². The highest BCUT2D eigenvalue weighted by molar-refractivity contribution is 5.97. The smallest absolute Gasteiger partial charge is 0.251 e. The lowest BCUT2D eigenvalue weighted by atomic mass is 9.49. The van der Waals surface area contributed by atoms with Crippen molar-refractivity contribution in [3.05, 3.63) is 29.6 Å². The van der Waals surface area contributed by atoms with Gasteiger partial charge in [-0.3, -0.25) is 14.4 Å². The van der Waals surface area contributed by atoms with E-state index >= 15 is 0 Å². The quantitative estimate of drug-likeness (QED) is 0.699. The first-order chi connectivity index (χ1) is 13.3. The van der Waals surface area contributed by atoms with Gasteiger partial charge >= 0.3 is 0 Å². The maximum Gasteiger partial charge on any atom is 0.251 e. The van der Waals surface area contributed by atoms with Gasteiger partial charge in [0.2, 0.25) is 11.8 Å². The minimum absolute atomic E-state index is 0.0889. The number of carbonyl (C=O) groups is 3. The Kier molecular flexibility index (Phi) is 4.85. The average molecular weight is 387 g/mol. The van der Waals surface area contributed by atoms with Crippen LogP contribution in [0.1, 0.15) is 55.3 Å². The highest BCUT2D eigenvalue weighted by Gasteiger charge is 2.51. The topological polar surface area (TPSA) is 101 Å². The normalized spacial score (nSPS) is 30.1. The Morgan fingerprint density at radius 3 is 2.21 bits per heavy atom. The van der Waals surface area contributed by atoms with Crippen LogP contribution in [0.4, 0.5) is 10.1 Å². The van der Waals surface area contributed by atoms with Gasteiger partial charge in [0.05, 0.1) is 12.1 Å². The van der Waals surface area contributed by atoms with E-state index in [4.69, 9.17) is 5.73 Å². The molecule has 1 aromatic carbocycles. The Hall–Kier alpha value is -2.44. The standard InChI is InChI=1S/C21H26FN3O3/c22-17-2-1-15(6-16(17)20(23)28)25-19(27)11-24-18(26)10-21-7-12-3-13(8-21)5-14(4-12)9-21/h1-2,6,12-14H,3-5,7-11H2,(H2,23,28)(H,24,26)(H,25,27). The fourth-order valence-corrected chi connectivity index (χ4v) is 6.09. The lowest BCUT2D eigenvalue weighted by Crippen LogP contribution is -2.48. The molecule has 0 spiro atoms. The van der Waals surface area contributed by atoms with E-state index in [1.165, 1.54) is 31.4 Å². The number of benzene rings is 1. The van der Waals surface area contributed by atoms with E-state index < -0.39 is 17.6 Å². The first-order valence-electron chi connectivity index (χ1n) is 9.98. The molecule has 28 heavy (non-hydrogen) atoms. The Morgan fingerprint density at radius 2 is 1.64 bits per heavy atom. The van der Waals surface area contributed by atoms with E-state index in [9.17, 15) is 18.8 Å². The van der Waals surface area contributed by atoms with Crippen LogP contribution in [0, 0.1) is 29.0 Å². The van der Waals surface area contributed by atoms with Crippen molar-refractivity contribution in [3.63, 3.8) is 0 Å². The van der Waals surface area contributed by atoms with Crippen LogP contribution in [0.25, 0.3) is 0 Å². The van der Waals surface area contributed by atoms with Crippen LogP contribution in [0.15, 0.2) is 18.2 Å². The summed E-state index contributed by atoms with van der Waals surface area (Å²) in [4.78, 5) is 35.8. The number of hydrogen-bond donors (Lipinski definition) is 3. The molecule has 6 nitrogen and oxygen atoms in total. The Bertz CT molecular complexity index is 788. The first-order valence-corrected chi connectivity index (χ1v) is 9.98. The first kappa shape index (κ1) is 18.9. The highest BCUT2D eigenvalue weighted by atomic mass is 19.1. The number of amides is 3. The molecular weight excluding hydrogens is 361 g/mol. The van der Waals surface area contributed by atoms with Gasteiger partial charge in [0.1, 0.15) is 5.82 Å². The van der Waals surface area contributed by atoms with Crippen molar-refractivity contribution in [2.75, 3.05) is 11.9 Å².